The van der Waals surface area contributed by atoms with Gasteiger partial charge in [-0.15, -0.1) is 0 Å². The van der Waals surface area contributed by atoms with Crippen LogP contribution in [0.15, 0.2) is 30.3 Å². The van der Waals surface area contributed by atoms with Crippen LogP contribution < -0.4 is 4.74 Å². The lowest BCUT2D eigenvalue weighted by Crippen LogP contribution is -2.12. The Hall–Kier alpha value is -1.42. The zero-order valence-corrected chi connectivity index (χ0v) is 10.7. The first-order valence-electron chi connectivity index (χ1n) is 5.33. The molecule has 0 heterocycles. The summed E-state index contributed by atoms with van der Waals surface area (Å²) < 4.78 is 9.71. The fourth-order valence-electron chi connectivity index (χ4n) is 1.17. The Bertz CT molecular complexity index is 371. The summed E-state index contributed by atoms with van der Waals surface area (Å²) in [5, 5.41) is 0. The van der Waals surface area contributed by atoms with Gasteiger partial charge in [-0.3, -0.25) is 0 Å². The van der Waals surface area contributed by atoms with Crippen LogP contribution in [0.3, 0.4) is 0 Å². The van der Waals surface area contributed by atoms with Crippen LogP contribution in [0.4, 0.5) is 0 Å². The summed E-state index contributed by atoms with van der Waals surface area (Å²) >= 11 is 4.12. The number of ether oxygens (including phenoxy) is 2. The smallest absolute Gasteiger partial charge is 0.343 e. The van der Waals surface area contributed by atoms with E-state index >= 15 is 0 Å². The maximum Gasteiger partial charge on any atom is 0.343 e. The number of hydrogen-bond acceptors (Lipinski definition) is 4. The lowest BCUT2D eigenvalue weighted by atomic mass is 10.2. The Labute approximate surface area is 107 Å². The molecule has 92 valence electrons. The minimum atomic E-state index is -0.386. The van der Waals surface area contributed by atoms with Crippen molar-refractivity contribution in [3.63, 3.8) is 0 Å². The van der Waals surface area contributed by atoms with Gasteiger partial charge in [-0.1, -0.05) is 24.3 Å². The molecular weight excluding hydrogens is 236 g/mol. The maximum absolute atomic E-state index is 10.9. The molecule has 1 aromatic rings. The van der Waals surface area contributed by atoms with E-state index in [4.69, 9.17) is 4.74 Å². The van der Waals surface area contributed by atoms with Gasteiger partial charge < -0.3 is 9.47 Å². The molecule has 0 saturated carbocycles. The van der Waals surface area contributed by atoms with Crippen LogP contribution in [0, 0.1) is 0 Å². The summed E-state index contributed by atoms with van der Waals surface area (Å²) in [5.41, 5.74) is 1.09. The van der Waals surface area contributed by atoms with Crippen molar-refractivity contribution >= 4 is 24.7 Å². The van der Waals surface area contributed by atoms with Gasteiger partial charge in [0.15, 0.2) is 6.61 Å². The second-order valence-electron chi connectivity index (χ2n) is 3.35. The van der Waals surface area contributed by atoms with E-state index in [1.54, 1.807) is 0 Å². The van der Waals surface area contributed by atoms with E-state index in [0.29, 0.717) is 5.75 Å². The molecule has 0 aliphatic heterocycles. The van der Waals surface area contributed by atoms with Crippen molar-refractivity contribution in [2.75, 3.05) is 19.5 Å². The Kier molecular flexibility index (Phi) is 6.25. The number of thiol groups is 1. The molecule has 17 heavy (non-hydrogen) atoms. The van der Waals surface area contributed by atoms with Gasteiger partial charge >= 0.3 is 5.97 Å². The highest BCUT2D eigenvalue weighted by atomic mass is 32.1. The quantitative estimate of drug-likeness (QED) is 0.624. The standard InChI is InChI=1S/C13H16O3S/c1-15-13(14)10-16-12-7-5-11(6-8-12)4-2-3-9-17/h2,4-8,17H,3,9-10H2,1H3. The van der Waals surface area contributed by atoms with Crippen molar-refractivity contribution < 1.29 is 14.3 Å². The zero-order valence-electron chi connectivity index (χ0n) is 9.76. The van der Waals surface area contributed by atoms with Gasteiger partial charge in [0.05, 0.1) is 7.11 Å². The summed E-state index contributed by atoms with van der Waals surface area (Å²) in [6, 6.07) is 7.51. The third kappa shape index (κ3) is 5.45. The van der Waals surface area contributed by atoms with Crippen molar-refractivity contribution in [3.8, 4) is 5.75 Å². The van der Waals surface area contributed by atoms with Crippen LogP contribution in [0.5, 0.6) is 5.75 Å². The first-order chi connectivity index (χ1) is 8.26. The Morgan fingerprint density at radius 3 is 2.65 bits per heavy atom. The fraction of sp³-hybridized carbons (Fsp3) is 0.308. The lowest BCUT2D eigenvalue weighted by molar-refractivity contribution is -0.142. The third-order valence-corrected chi connectivity index (χ3v) is 2.33. The fourth-order valence-corrected chi connectivity index (χ4v) is 1.32. The Balaban J connectivity index is 2.47. The number of allylic oxidation sites excluding steroid dienone is 1. The molecule has 3 nitrogen and oxygen atoms in total. The number of rotatable bonds is 6. The molecule has 0 spiro atoms. The van der Waals surface area contributed by atoms with Crippen molar-refractivity contribution in [1.82, 2.24) is 0 Å². The predicted molar refractivity (Wildman–Crippen MR) is 71.5 cm³/mol. The molecule has 0 aliphatic rings. The van der Waals surface area contributed by atoms with Crippen molar-refractivity contribution in [2.45, 2.75) is 6.42 Å². The maximum atomic E-state index is 10.9. The largest absolute Gasteiger partial charge is 0.482 e. The van der Waals surface area contributed by atoms with Gasteiger partial charge in [-0.25, -0.2) is 4.79 Å². The number of carbonyl (C=O) groups excluding carboxylic acids is 1. The van der Waals surface area contributed by atoms with Crippen LogP contribution in [0.2, 0.25) is 0 Å². The third-order valence-electron chi connectivity index (χ3n) is 2.07. The van der Waals surface area contributed by atoms with Crippen molar-refractivity contribution in [1.29, 1.82) is 0 Å². The summed E-state index contributed by atoms with van der Waals surface area (Å²) in [7, 11) is 1.33. The SMILES string of the molecule is COC(=O)COc1ccc(C=CCCS)cc1. The summed E-state index contributed by atoms with van der Waals surface area (Å²) in [6.45, 7) is -0.0641. The molecular formula is C13H16O3S. The van der Waals surface area contributed by atoms with Crippen LogP contribution in [-0.2, 0) is 9.53 Å². The second-order valence-corrected chi connectivity index (χ2v) is 3.80. The molecule has 0 unspecified atom stereocenters. The molecule has 0 bridgehead atoms. The van der Waals surface area contributed by atoms with E-state index in [9.17, 15) is 4.79 Å². The van der Waals surface area contributed by atoms with E-state index < -0.39 is 0 Å². The van der Waals surface area contributed by atoms with Gasteiger partial charge in [0.2, 0.25) is 0 Å². The van der Waals surface area contributed by atoms with E-state index in [1.807, 2.05) is 30.3 Å². The van der Waals surface area contributed by atoms with E-state index in [1.165, 1.54) is 7.11 Å². The summed E-state index contributed by atoms with van der Waals surface area (Å²) in [4.78, 5) is 10.9. The minimum absolute atomic E-state index is 0.0641. The highest BCUT2D eigenvalue weighted by Gasteiger charge is 2.00. The number of esters is 1. The number of hydrogen-bond donors (Lipinski definition) is 1. The Morgan fingerprint density at radius 1 is 1.35 bits per heavy atom. The minimum Gasteiger partial charge on any atom is -0.482 e. The molecule has 0 amide bonds. The first-order valence-corrected chi connectivity index (χ1v) is 5.96. The molecule has 1 rings (SSSR count). The van der Waals surface area contributed by atoms with Crippen LogP contribution in [0.1, 0.15) is 12.0 Å². The van der Waals surface area contributed by atoms with Crippen molar-refractivity contribution in [3.05, 3.63) is 35.9 Å². The molecule has 0 atom stereocenters. The molecule has 0 radical (unpaired) electrons. The van der Waals surface area contributed by atoms with E-state index in [0.717, 1.165) is 17.7 Å². The van der Waals surface area contributed by atoms with Gasteiger partial charge in [-0.05, 0) is 29.9 Å². The second kappa shape index (κ2) is 7.79. The predicted octanol–water partition coefficient (Wildman–Crippen LogP) is 2.57. The molecule has 0 N–H and O–H groups in total. The average molecular weight is 252 g/mol. The van der Waals surface area contributed by atoms with E-state index in [-0.39, 0.29) is 12.6 Å². The van der Waals surface area contributed by atoms with E-state index in [2.05, 4.69) is 23.4 Å². The van der Waals surface area contributed by atoms with Crippen molar-refractivity contribution in [2.24, 2.45) is 0 Å². The summed E-state index contributed by atoms with van der Waals surface area (Å²) in [6.07, 6.45) is 5.04. The zero-order chi connectivity index (χ0) is 12.5. The normalized spacial score (nSPS) is 10.5. The number of benzene rings is 1. The average Bonchev–Trinajstić information content (AvgIpc) is 2.37. The van der Waals surface area contributed by atoms with Crippen LogP contribution >= 0.6 is 12.6 Å². The number of carbonyl (C=O) groups is 1. The lowest BCUT2D eigenvalue weighted by Gasteiger charge is -2.04. The van der Waals surface area contributed by atoms with Gasteiger partial charge in [0, 0.05) is 0 Å². The summed E-state index contributed by atoms with van der Waals surface area (Å²) in [5.74, 6) is 1.11. The van der Waals surface area contributed by atoms with Gasteiger partial charge in [0.1, 0.15) is 5.75 Å². The molecule has 1 aromatic carbocycles. The molecule has 0 aromatic heterocycles. The van der Waals surface area contributed by atoms with Gasteiger partial charge in [-0.2, -0.15) is 12.6 Å². The van der Waals surface area contributed by atoms with Crippen LogP contribution in [0.25, 0.3) is 6.08 Å². The molecule has 0 fully saturated rings. The van der Waals surface area contributed by atoms with Crippen LogP contribution in [-0.4, -0.2) is 25.4 Å². The Morgan fingerprint density at radius 2 is 2.06 bits per heavy atom. The monoisotopic (exact) mass is 252 g/mol. The highest BCUT2D eigenvalue weighted by Crippen LogP contribution is 2.13. The van der Waals surface area contributed by atoms with Gasteiger partial charge in [0.25, 0.3) is 0 Å². The first kappa shape index (κ1) is 13.6. The highest BCUT2D eigenvalue weighted by molar-refractivity contribution is 7.80. The topological polar surface area (TPSA) is 35.5 Å². The molecule has 4 heteroatoms. The molecule has 0 aliphatic carbocycles. The molecule has 0 saturated heterocycles. The number of methoxy groups -OCH3 is 1.